The van der Waals surface area contributed by atoms with Gasteiger partial charge in [-0.25, -0.2) is 4.39 Å². The third-order valence-electron chi connectivity index (χ3n) is 2.87. The smallest absolute Gasteiger partial charge is 0.139 e. The van der Waals surface area contributed by atoms with Crippen molar-refractivity contribution < 1.29 is 9.13 Å². The first-order valence-corrected chi connectivity index (χ1v) is 6.37. The minimum Gasteiger partial charge on any atom is -0.484 e. The normalized spacial score (nSPS) is 12.2. The van der Waals surface area contributed by atoms with Gasteiger partial charge in [-0.05, 0) is 36.8 Å². The standard InChI is InChI=1S/C15H15ClFNO/c1-10-8-11(16)6-7-14(10)19-15(9-18)12-4-2-3-5-13(12)17/h2-8,15H,9,18H2,1H3. The van der Waals surface area contributed by atoms with Crippen LogP contribution in [0.25, 0.3) is 0 Å². The van der Waals surface area contributed by atoms with E-state index in [0.717, 1.165) is 5.56 Å². The summed E-state index contributed by atoms with van der Waals surface area (Å²) in [5.41, 5.74) is 7.03. The first-order chi connectivity index (χ1) is 9.11. The van der Waals surface area contributed by atoms with Gasteiger partial charge >= 0.3 is 0 Å². The van der Waals surface area contributed by atoms with Gasteiger partial charge in [-0.15, -0.1) is 0 Å². The number of nitrogens with two attached hydrogens (primary N) is 1. The van der Waals surface area contributed by atoms with Crippen molar-refractivity contribution in [3.8, 4) is 5.75 Å². The van der Waals surface area contributed by atoms with Gasteiger partial charge < -0.3 is 10.5 Å². The lowest BCUT2D eigenvalue weighted by Crippen LogP contribution is -2.20. The van der Waals surface area contributed by atoms with Gasteiger partial charge in [0.05, 0.1) is 0 Å². The lowest BCUT2D eigenvalue weighted by Gasteiger charge is -2.19. The predicted molar refractivity (Wildman–Crippen MR) is 75.0 cm³/mol. The van der Waals surface area contributed by atoms with E-state index in [9.17, 15) is 4.39 Å². The predicted octanol–water partition coefficient (Wildman–Crippen LogP) is 3.87. The lowest BCUT2D eigenvalue weighted by molar-refractivity contribution is 0.207. The molecular formula is C15H15ClFNO. The molecule has 0 aliphatic heterocycles. The zero-order valence-corrected chi connectivity index (χ0v) is 11.3. The molecule has 0 spiro atoms. The molecule has 1 unspecified atom stereocenters. The van der Waals surface area contributed by atoms with Crippen LogP contribution in [0.4, 0.5) is 4.39 Å². The molecule has 0 bridgehead atoms. The summed E-state index contributed by atoms with van der Waals surface area (Å²) in [6.07, 6.45) is -0.513. The molecule has 0 radical (unpaired) electrons. The van der Waals surface area contributed by atoms with Crippen LogP contribution in [0.5, 0.6) is 5.75 Å². The number of ether oxygens (including phenoxy) is 1. The third kappa shape index (κ3) is 3.25. The Hall–Kier alpha value is -1.58. The summed E-state index contributed by atoms with van der Waals surface area (Å²) in [5.74, 6) is 0.340. The monoisotopic (exact) mass is 279 g/mol. The Bertz CT molecular complexity index is 574. The van der Waals surface area contributed by atoms with Crippen LogP contribution < -0.4 is 10.5 Å². The number of hydrogen-bond donors (Lipinski definition) is 1. The lowest BCUT2D eigenvalue weighted by atomic mass is 10.1. The van der Waals surface area contributed by atoms with Crippen LogP contribution in [0.2, 0.25) is 5.02 Å². The molecule has 2 aromatic carbocycles. The van der Waals surface area contributed by atoms with Crippen LogP contribution in [0.1, 0.15) is 17.2 Å². The molecule has 0 fully saturated rings. The molecule has 0 amide bonds. The average Bonchev–Trinajstić information content (AvgIpc) is 2.39. The van der Waals surface area contributed by atoms with Gasteiger partial charge in [0.15, 0.2) is 0 Å². The molecule has 19 heavy (non-hydrogen) atoms. The Balaban J connectivity index is 2.27. The van der Waals surface area contributed by atoms with Crippen molar-refractivity contribution in [2.75, 3.05) is 6.54 Å². The highest BCUT2D eigenvalue weighted by atomic mass is 35.5. The fraction of sp³-hybridized carbons (Fsp3) is 0.200. The van der Waals surface area contributed by atoms with E-state index in [4.69, 9.17) is 22.1 Å². The molecule has 0 aliphatic rings. The molecule has 0 heterocycles. The molecule has 4 heteroatoms. The molecule has 0 aromatic heterocycles. The van der Waals surface area contributed by atoms with E-state index in [1.807, 2.05) is 6.92 Å². The van der Waals surface area contributed by atoms with Gasteiger partial charge in [0.1, 0.15) is 17.7 Å². The molecule has 2 N–H and O–H groups in total. The van der Waals surface area contributed by atoms with Gasteiger partial charge in [-0.3, -0.25) is 0 Å². The highest BCUT2D eigenvalue weighted by Crippen LogP contribution is 2.27. The quantitative estimate of drug-likeness (QED) is 0.922. The molecule has 0 saturated heterocycles. The number of rotatable bonds is 4. The summed E-state index contributed by atoms with van der Waals surface area (Å²) < 4.78 is 19.5. The van der Waals surface area contributed by atoms with Gasteiger partial charge in [0.2, 0.25) is 0 Å². The average molecular weight is 280 g/mol. The molecule has 0 aliphatic carbocycles. The van der Waals surface area contributed by atoms with Crippen molar-refractivity contribution in [1.29, 1.82) is 0 Å². The van der Waals surface area contributed by atoms with E-state index in [0.29, 0.717) is 16.3 Å². The maximum absolute atomic E-state index is 13.7. The molecule has 1 atom stereocenters. The molecule has 2 rings (SSSR count). The van der Waals surface area contributed by atoms with E-state index < -0.39 is 6.10 Å². The van der Waals surface area contributed by atoms with Crippen LogP contribution in [-0.4, -0.2) is 6.54 Å². The largest absolute Gasteiger partial charge is 0.484 e. The van der Waals surface area contributed by atoms with E-state index in [1.165, 1.54) is 6.07 Å². The summed E-state index contributed by atoms with van der Waals surface area (Å²) in [7, 11) is 0. The zero-order valence-electron chi connectivity index (χ0n) is 10.6. The van der Waals surface area contributed by atoms with Gasteiger partial charge in [-0.1, -0.05) is 29.8 Å². The Labute approximate surface area is 117 Å². The molecule has 0 saturated carbocycles. The Morgan fingerprint density at radius 2 is 2.00 bits per heavy atom. The van der Waals surface area contributed by atoms with Crippen LogP contribution >= 0.6 is 11.6 Å². The van der Waals surface area contributed by atoms with Gasteiger partial charge in [0.25, 0.3) is 0 Å². The van der Waals surface area contributed by atoms with Crippen molar-refractivity contribution >= 4 is 11.6 Å². The van der Waals surface area contributed by atoms with Crippen LogP contribution in [0.15, 0.2) is 42.5 Å². The summed E-state index contributed by atoms with van der Waals surface area (Å²) in [4.78, 5) is 0. The van der Waals surface area contributed by atoms with Crippen molar-refractivity contribution in [3.05, 3.63) is 64.4 Å². The summed E-state index contributed by atoms with van der Waals surface area (Å²) >= 11 is 5.89. The van der Waals surface area contributed by atoms with E-state index >= 15 is 0 Å². The van der Waals surface area contributed by atoms with Gasteiger partial charge in [-0.2, -0.15) is 0 Å². The summed E-state index contributed by atoms with van der Waals surface area (Å²) in [5, 5.41) is 0.639. The second-order valence-corrected chi connectivity index (χ2v) is 4.71. The van der Waals surface area contributed by atoms with Crippen molar-refractivity contribution in [2.24, 2.45) is 5.73 Å². The number of aryl methyl sites for hydroxylation is 1. The van der Waals surface area contributed by atoms with Crippen LogP contribution in [0, 0.1) is 12.7 Å². The van der Waals surface area contributed by atoms with Crippen LogP contribution in [-0.2, 0) is 0 Å². The minimum atomic E-state index is -0.513. The Morgan fingerprint density at radius 3 is 2.63 bits per heavy atom. The Morgan fingerprint density at radius 1 is 1.26 bits per heavy atom. The maximum Gasteiger partial charge on any atom is 0.139 e. The first kappa shape index (κ1) is 13.8. The number of halogens is 2. The second kappa shape index (κ2) is 6.04. The van der Waals surface area contributed by atoms with E-state index in [-0.39, 0.29) is 12.4 Å². The summed E-state index contributed by atoms with van der Waals surface area (Å²) in [6, 6.07) is 11.8. The summed E-state index contributed by atoms with van der Waals surface area (Å²) in [6.45, 7) is 2.08. The number of benzene rings is 2. The molecular weight excluding hydrogens is 265 g/mol. The maximum atomic E-state index is 13.7. The molecule has 2 aromatic rings. The second-order valence-electron chi connectivity index (χ2n) is 4.27. The van der Waals surface area contributed by atoms with Crippen molar-refractivity contribution in [3.63, 3.8) is 0 Å². The number of hydrogen-bond acceptors (Lipinski definition) is 2. The highest BCUT2D eigenvalue weighted by molar-refractivity contribution is 6.30. The first-order valence-electron chi connectivity index (χ1n) is 5.99. The fourth-order valence-electron chi connectivity index (χ4n) is 1.87. The topological polar surface area (TPSA) is 35.2 Å². The highest BCUT2D eigenvalue weighted by Gasteiger charge is 2.16. The fourth-order valence-corrected chi connectivity index (χ4v) is 2.10. The SMILES string of the molecule is Cc1cc(Cl)ccc1OC(CN)c1ccccc1F. The molecule has 2 nitrogen and oxygen atoms in total. The van der Waals surface area contributed by atoms with Crippen molar-refractivity contribution in [2.45, 2.75) is 13.0 Å². The van der Waals surface area contributed by atoms with E-state index in [2.05, 4.69) is 0 Å². The van der Waals surface area contributed by atoms with Crippen molar-refractivity contribution in [1.82, 2.24) is 0 Å². The zero-order chi connectivity index (χ0) is 13.8. The molecule has 100 valence electrons. The third-order valence-corrected chi connectivity index (χ3v) is 3.11. The Kier molecular flexibility index (Phi) is 4.40. The van der Waals surface area contributed by atoms with E-state index in [1.54, 1.807) is 36.4 Å². The minimum absolute atomic E-state index is 0.197. The van der Waals surface area contributed by atoms with Gasteiger partial charge in [0, 0.05) is 17.1 Å². The van der Waals surface area contributed by atoms with Crippen LogP contribution in [0.3, 0.4) is 0 Å².